The molecule has 5 nitrogen and oxygen atoms in total. The summed E-state index contributed by atoms with van der Waals surface area (Å²) in [6.07, 6.45) is 2.08. The van der Waals surface area contributed by atoms with E-state index in [1.54, 1.807) is 7.05 Å². The lowest BCUT2D eigenvalue weighted by Gasteiger charge is -2.15. The molecule has 0 saturated heterocycles. The van der Waals surface area contributed by atoms with E-state index < -0.39 is 5.97 Å². The minimum Gasteiger partial charge on any atom is -0.468 e. The normalized spacial score (nSPS) is 14.9. The molecule has 5 heteroatoms. The Morgan fingerprint density at radius 3 is 2.62 bits per heavy atom. The maximum atomic E-state index is 11.3. The zero-order valence-electron chi connectivity index (χ0n) is 7.87. The molecule has 1 N–H and O–H groups in total. The first-order valence-electron chi connectivity index (χ1n) is 4.22. The van der Waals surface area contributed by atoms with Gasteiger partial charge in [0, 0.05) is 13.1 Å². The molecule has 2 amide bonds. The average Bonchev–Trinajstić information content (AvgIpc) is 2.87. The van der Waals surface area contributed by atoms with Gasteiger partial charge in [-0.15, -0.1) is 0 Å². The molecule has 1 saturated carbocycles. The molecule has 0 aromatic carbocycles. The Morgan fingerprint density at radius 1 is 1.54 bits per heavy atom. The number of rotatable bonds is 3. The number of amides is 2. The fourth-order valence-electron chi connectivity index (χ4n) is 0.842. The first-order chi connectivity index (χ1) is 6.13. The van der Waals surface area contributed by atoms with E-state index in [0.29, 0.717) is 6.04 Å². The summed E-state index contributed by atoms with van der Waals surface area (Å²) in [4.78, 5) is 23.3. The monoisotopic (exact) mass is 186 g/mol. The van der Waals surface area contributed by atoms with Crippen LogP contribution in [0.3, 0.4) is 0 Å². The molecule has 0 atom stereocenters. The highest BCUT2D eigenvalue weighted by molar-refractivity contribution is 5.80. The number of nitrogens with zero attached hydrogens (tertiary/aromatic N) is 1. The Hall–Kier alpha value is -1.26. The maximum Gasteiger partial charge on any atom is 0.325 e. The number of nitrogens with one attached hydrogen (secondary N) is 1. The average molecular weight is 186 g/mol. The maximum absolute atomic E-state index is 11.3. The lowest BCUT2D eigenvalue weighted by Crippen LogP contribution is -2.41. The topological polar surface area (TPSA) is 58.6 Å². The Balaban J connectivity index is 2.23. The molecule has 1 rings (SSSR count). The Labute approximate surface area is 77.0 Å². The number of ether oxygens (including phenoxy) is 1. The van der Waals surface area contributed by atoms with Gasteiger partial charge in [-0.25, -0.2) is 4.79 Å². The van der Waals surface area contributed by atoms with Crippen LogP contribution in [-0.4, -0.2) is 43.6 Å². The highest BCUT2D eigenvalue weighted by Gasteiger charge is 2.25. The molecule has 0 aromatic rings. The van der Waals surface area contributed by atoms with Gasteiger partial charge in [-0.1, -0.05) is 0 Å². The van der Waals surface area contributed by atoms with Crippen molar-refractivity contribution in [2.24, 2.45) is 0 Å². The summed E-state index contributed by atoms with van der Waals surface area (Å²) in [5, 5.41) is 2.76. The van der Waals surface area contributed by atoms with Crippen molar-refractivity contribution in [1.29, 1.82) is 0 Å². The molecule has 0 aromatic heterocycles. The molecule has 74 valence electrons. The van der Waals surface area contributed by atoms with Crippen LogP contribution in [0.1, 0.15) is 12.8 Å². The molecule has 0 heterocycles. The van der Waals surface area contributed by atoms with Gasteiger partial charge in [-0.3, -0.25) is 4.79 Å². The molecule has 0 bridgehead atoms. The van der Waals surface area contributed by atoms with E-state index in [9.17, 15) is 9.59 Å². The summed E-state index contributed by atoms with van der Waals surface area (Å²) in [6, 6.07) is 0.0977. The predicted octanol–water partition coefficient (Wildman–Crippen LogP) is -0.0368. The van der Waals surface area contributed by atoms with Crippen molar-refractivity contribution in [1.82, 2.24) is 10.2 Å². The number of hydrogen-bond acceptors (Lipinski definition) is 3. The first-order valence-corrected chi connectivity index (χ1v) is 4.22. The van der Waals surface area contributed by atoms with E-state index in [-0.39, 0.29) is 12.6 Å². The van der Waals surface area contributed by atoms with E-state index >= 15 is 0 Å². The SMILES string of the molecule is COC(=O)CN(C)C(=O)NC1CC1. The molecular weight excluding hydrogens is 172 g/mol. The molecule has 0 radical (unpaired) electrons. The van der Waals surface area contributed by atoms with Crippen LogP contribution in [0.5, 0.6) is 0 Å². The quantitative estimate of drug-likeness (QED) is 0.629. The molecule has 1 aliphatic rings. The zero-order valence-corrected chi connectivity index (χ0v) is 7.87. The van der Waals surface area contributed by atoms with Crippen LogP contribution in [0, 0.1) is 0 Å². The van der Waals surface area contributed by atoms with E-state index in [2.05, 4.69) is 10.1 Å². The standard InChI is InChI=1S/C8H14N2O3/c1-10(5-7(11)13-2)8(12)9-6-3-4-6/h6H,3-5H2,1-2H3,(H,9,12). The number of carbonyl (C=O) groups excluding carboxylic acids is 2. The first kappa shape index (κ1) is 9.83. The third-order valence-electron chi connectivity index (χ3n) is 1.85. The van der Waals surface area contributed by atoms with Crippen LogP contribution < -0.4 is 5.32 Å². The molecule has 0 spiro atoms. The zero-order chi connectivity index (χ0) is 9.84. The number of likely N-dealkylation sites (N-methyl/N-ethyl adjacent to an activating group) is 1. The van der Waals surface area contributed by atoms with Gasteiger partial charge in [0.05, 0.1) is 7.11 Å². The van der Waals surface area contributed by atoms with Crippen molar-refractivity contribution in [3.63, 3.8) is 0 Å². The second kappa shape index (κ2) is 4.11. The van der Waals surface area contributed by atoms with Crippen LogP contribution >= 0.6 is 0 Å². The largest absolute Gasteiger partial charge is 0.468 e. The summed E-state index contributed by atoms with van der Waals surface area (Å²) >= 11 is 0. The van der Waals surface area contributed by atoms with Gasteiger partial charge in [0.1, 0.15) is 6.54 Å². The highest BCUT2D eigenvalue weighted by Crippen LogP contribution is 2.18. The van der Waals surface area contributed by atoms with Crippen molar-refractivity contribution >= 4 is 12.0 Å². The number of hydrogen-bond donors (Lipinski definition) is 1. The van der Waals surface area contributed by atoms with Crippen LogP contribution in [0.4, 0.5) is 4.79 Å². The van der Waals surface area contributed by atoms with E-state index in [0.717, 1.165) is 12.8 Å². The van der Waals surface area contributed by atoms with Crippen molar-refractivity contribution in [3.8, 4) is 0 Å². The third-order valence-corrected chi connectivity index (χ3v) is 1.85. The van der Waals surface area contributed by atoms with Gasteiger partial charge in [-0.05, 0) is 12.8 Å². The van der Waals surface area contributed by atoms with E-state index in [4.69, 9.17) is 0 Å². The summed E-state index contributed by atoms with van der Waals surface area (Å²) in [7, 11) is 2.86. The summed E-state index contributed by atoms with van der Waals surface area (Å²) in [5.74, 6) is -0.409. The predicted molar refractivity (Wildman–Crippen MR) is 46.2 cm³/mol. The number of urea groups is 1. The third kappa shape index (κ3) is 3.31. The van der Waals surface area contributed by atoms with E-state index in [1.165, 1.54) is 12.0 Å². The minimum absolute atomic E-state index is 0.00491. The fraction of sp³-hybridized carbons (Fsp3) is 0.750. The van der Waals surface area contributed by atoms with Gasteiger partial charge in [0.2, 0.25) is 0 Å². The molecule has 1 fully saturated rings. The summed E-state index contributed by atoms with van der Waals surface area (Å²) in [6.45, 7) is -0.00491. The lowest BCUT2D eigenvalue weighted by atomic mass is 10.5. The molecule has 0 aliphatic heterocycles. The van der Waals surface area contributed by atoms with Crippen LogP contribution in [0.15, 0.2) is 0 Å². The van der Waals surface area contributed by atoms with Gasteiger partial charge < -0.3 is 15.0 Å². The van der Waals surface area contributed by atoms with Crippen molar-refractivity contribution in [2.75, 3.05) is 20.7 Å². The smallest absolute Gasteiger partial charge is 0.325 e. The Morgan fingerprint density at radius 2 is 2.15 bits per heavy atom. The fourth-order valence-corrected chi connectivity index (χ4v) is 0.842. The van der Waals surface area contributed by atoms with Crippen LogP contribution in [-0.2, 0) is 9.53 Å². The van der Waals surface area contributed by atoms with Gasteiger partial charge in [0.15, 0.2) is 0 Å². The Kier molecular flexibility index (Phi) is 3.11. The number of esters is 1. The molecule has 0 unspecified atom stereocenters. The minimum atomic E-state index is -0.409. The van der Waals surface area contributed by atoms with Crippen LogP contribution in [0.25, 0.3) is 0 Å². The van der Waals surface area contributed by atoms with Crippen molar-refractivity contribution in [2.45, 2.75) is 18.9 Å². The van der Waals surface area contributed by atoms with Crippen molar-refractivity contribution < 1.29 is 14.3 Å². The molecule has 1 aliphatic carbocycles. The molecule has 13 heavy (non-hydrogen) atoms. The Bertz CT molecular complexity index is 213. The van der Waals surface area contributed by atoms with Gasteiger partial charge in [0.25, 0.3) is 0 Å². The number of carbonyl (C=O) groups is 2. The van der Waals surface area contributed by atoms with Gasteiger partial charge in [-0.2, -0.15) is 0 Å². The van der Waals surface area contributed by atoms with Gasteiger partial charge >= 0.3 is 12.0 Å². The highest BCUT2D eigenvalue weighted by atomic mass is 16.5. The summed E-state index contributed by atoms with van der Waals surface area (Å²) in [5.41, 5.74) is 0. The molecular formula is C8H14N2O3. The lowest BCUT2D eigenvalue weighted by molar-refractivity contribution is -0.141. The number of methoxy groups -OCH3 is 1. The van der Waals surface area contributed by atoms with Crippen molar-refractivity contribution in [3.05, 3.63) is 0 Å². The summed E-state index contributed by atoms with van der Waals surface area (Å²) < 4.78 is 4.43. The van der Waals surface area contributed by atoms with E-state index in [1.807, 2.05) is 0 Å². The second-order valence-electron chi connectivity index (χ2n) is 3.16. The second-order valence-corrected chi connectivity index (χ2v) is 3.16. The van der Waals surface area contributed by atoms with Crippen LogP contribution in [0.2, 0.25) is 0 Å².